The van der Waals surface area contributed by atoms with Crippen molar-refractivity contribution in [3.05, 3.63) is 94.6 Å². The number of nitrogens with two attached hydrogens (primary N) is 1. The Hall–Kier alpha value is -3.51. The molecule has 0 radical (unpaired) electrons. The van der Waals surface area contributed by atoms with Crippen molar-refractivity contribution >= 4 is 28.6 Å². The number of nitrogens with one attached hydrogen (secondary N) is 1. The van der Waals surface area contributed by atoms with Crippen LogP contribution in [-0.4, -0.2) is 15.9 Å². The monoisotopic (exact) mass is 412 g/mol. The highest BCUT2D eigenvalue weighted by Gasteiger charge is 2.48. The molecular weight excluding hydrogens is 392 g/mol. The second-order valence-corrected chi connectivity index (χ2v) is 8.33. The summed E-state index contributed by atoms with van der Waals surface area (Å²) in [5, 5.41) is 6.11. The van der Waals surface area contributed by atoms with E-state index in [-0.39, 0.29) is 11.3 Å². The molecular formula is C24H20N4OS. The number of nitrogens with zero attached hydrogens (tertiary/aromatic N) is 2. The lowest BCUT2D eigenvalue weighted by Crippen LogP contribution is -2.14. The van der Waals surface area contributed by atoms with Gasteiger partial charge in [-0.05, 0) is 54.8 Å². The maximum absolute atomic E-state index is 12.6. The normalized spacial score (nSPS) is 14.3. The predicted octanol–water partition coefficient (Wildman–Crippen LogP) is 5.12. The lowest BCUT2D eigenvalue weighted by molar-refractivity contribution is 0.102. The third-order valence-electron chi connectivity index (χ3n) is 5.55. The Morgan fingerprint density at radius 1 is 1.00 bits per heavy atom. The van der Waals surface area contributed by atoms with E-state index in [4.69, 9.17) is 10.7 Å². The van der Waals surface area contributed by atoms with E-state index in [1.165, 1.54) is 5.56 Å². The molecule has 3 N–H and O–H groups in total. The molecule has 6 heteroatoms. The third kappa shape index (κ3) is 3.35. The maximum atomic E-state index is 12.6. The van der Waals surface area contributed by atoms with Gasteiger partial charge in [0.15, 0.2) is 0 Å². The summed E-state index contributed by atoms with van der Waals surface area (Å²) in [5.74, 6) is -0.168. The summed E-state index contributed by atoms with van der Waals surface area (Å²) < 4.78 is 0. The van der Waals surface area contributed by atoms with Crippen molar-refractivity contribution in [2.24, 2.45) is 0 Å². The van der Waals surface area contributed by atoms with Crippen molar-refractivity contribution in [1.29, 1.82) is 0 Å². The van der Waals surface area contributed by atoms with E-state index >= 15 is 0 Å². The number of pyridine rings is 1. The van der Waals surface area contributed by atoms with Crippen molar-refractivity contribution < 1.29 is 4.79 Å². The van der Waals surface area contributed by atoms with E-state index in [0.717, 1.165) is 29.1 Å². The molecule has 0 bridgehead atoms. The molecule has 1 fully saturated rings. The van der Waals surface area contributed by atoms with Crippen molar-refractivity contribution in [1.82, 2.24) is 9.97 Å². The summed E-state index contributed by atoms with van der Waals surface area (Å²) in [7, 11) is 0. The minimum Gasteiger partial charge on any atom is -0.397 e. The van der Waals surface area contributed by atoms with Gasteiger partial charge in [0.05, 0.1) is 17.1 Å². The lowest BCUT2D eigenvalue weighted by Gasteiger charge is -2.14. The number of nitrogen functional groups attached to an aromatic ring is 1. The smallest absolute Gasteiger partial charge is 0.255 e. The van der Waals surface area contributed by atoms with Crippen LogP contribution >= 0.6 is 11.3 Å². The van der Waals surface area contributed by atoms with Gasteiger partial charge < -0.3 is 11.1 Å². The van der Waals surface area contributed by atoms with Crippen LogP contribution in [0.25, 0.3) is 11.3 Å². The molecule has 1 amide bonds. The van der Waals surface area contributed by atoms with Crippen LogP contribution in [0.5, 0.6) is 0 Å². The highest BCUT2D eigenvalue weighted by atomic mass is 32.1. The Kier molecular flexibility index (Phi) is 4.56. The highest BCUT2D eigenvalue weighted by molar-refractivity contribution is 7.10. The summed E-state index contributed by atoms with van der Waals surface area (Å²) in [4.78, 5) is 21.6. The van der Waals surface area contributed by atoms with E-state index in [2.05, 4.69) is 15.7 Å². The molecule has 4 aromatic rings. The minimum absolute atomic E-state index is 0.0329. The molecule has 0 spiro atoms. The van der Waals surface area contributed by atoms with Crippen LogP contribution in [0.1, 0.15) is 33.8 Å². The fraction of sp³-hybridized carbons (Fsp3) is 0.125. The van der Waals surface area contributed by atoms with Crippen LogP contribution in [0.2, 0.25) is 0 Å². The van der Waals surface area contributed by atoms with Gasteiger partial charge in [0.2, 0.25) is 0 Å². The van der Waals surface area contributed by atoms with Gasteiger partial charge in [0.1, 0.15) is 5.01 Å². The number of aromatic nitrogens is 2. The number of hydrogen-bond acceptors (Lipinski definition) is 5. The number of hydrogen-bond donors (Lipinski definition) is 2. The molecule has 0 atom stereocenters. The standard InChI is InChI=1S/C24H20N4OS/c25-19-3-1-2-4-20(19)27-22(29)17-5-7-18(8-6-17)24(11-12-24)23-28-21(15-30-23)16-9-13-26-14-10-16/h1-10,13-15H,11-12,25H2,(H,27,29). The van der Waals surface area contributed by atoms with Gasteiger partial charge in [-0.3, -0.25) is 9.78 Å². The minimum atomic E-state index is -0.168. The van der Waals surface area contributed by atoms with Crippen LogP contribution in [0.15, 0.2) is 78.4 Å². The van der Waals surface area contributed by atoms with Crippen LogP contribution in [0, 0.1) is 0 Å². The average molecular weight is 413 g/mol. The molecule has 0 saturated heterocycles. The Labute approximate surface area is 178 Å². The van der Waals surface area contributed by atoms with Gasteiger partial charge in [-0.15, -0.1) is 11.3 Å². The van der Waals surface area contributed by atoms with Gasteiger partial charge in [-0.1, -0.05) is 24.3 Å². The Bertz CT molecular complexity index is 1200. The summed E-state index contributed by atoms with van der Waals surface area (Å²) >= 11 is 1.70. The van der Waals surface area contributed by atoms with Gasteiger partial charge in [-0.2, -0.15) is 0 Å². The highest BCUT2D eigenvalue weighted by Crippen LogP contribution is 2.54. The molecule has 1 aliphatic carbocycles. The molecule has 2 heterocycles. The number of carbonyl (C=O) groups is 1. The van der Waals surface area contributed by atoms with Gasteiger partial charge in [-0.25, -0.2) is 4.98 Å². The van der Waals surface area contributed by atoms with Crippen LogP contribution in [-0.2, 0) is 5.41 Å². The fourth-order valence-corrected chi connectivity index (χ4v) is 4.76. The van der Waals surface area contributed by atoms with Gasteiger partial charge in [0.25, 0.3) is 5.91 Å². The number of carbonyl (C=O) groups excluding carboxylic acids is 1. The van der Waals surface area contributed by atoms with E-state index in [0.29, 0.717) is 16.9 Å². The molecule has 148 valence electrons. The first-order valence-corrected chi connectivity index (χ1v) is 10.7. The van der Waals surface area contributed by atoms with E-state index in [1.54, 1.807) is 35.9 Å². The molecule has 0 unspecified atom stereocenters. The van der Waals surface area contributed by atoms with Crippen LogP contribution in [0.4, 0.5) is 11.4 Å². The summed E-state index contributed by atoms with van der Waals surface area (Å²) in [6.07, 6.45) is 5.72. The second-order valence-electron chi connectivity index (χ2n) is 7.47. The topological polar surface area (TPSA) is 80.9 Å². The van der Waals surface area contributed by atoms with Crippen molar-refractivity contribution in [3.8, 4) is 11.3 Å². The number of para-hydroxylation sites is 2. The zero-order valence-corrected chi connectivity index (χ0v) is 17.0. The zero-order valence-electron chi connectivity index (χ0n) is 16.2. The number of anilines is 2. The SMILES string of the molecule is Nc1ccccc1NC(=O)c1ccc(C2(c3nc(-c4ccncc4)cs3)CC2)cc1. The molecule has 30 heavy (non-hydrogen) atoms. The first-order valence-electron chi connectivity index (χ1n) is 9.78. The van der Waals surface area contributed by atoms with Crippen molar-refractivity contribution in [2.45, 2.75) is 18.3 Å². The number of rotatable bonds is 5. The lowest BCUT2D eigenvalue weighted by atomic mass is 9.95. The molecule has 1 aliphatic rings. The number of benzene rings is 2. The Morgan fingerprint density at radius 3 is 2.43 bits per heavy atom. The largest absolute Gasteiger partial charge is 0.397 e. The molecule has 2 aromatic heterocycles. The average Bonchev–Trinajstić information content (AvgIpc) is 3.45. The van der Waals surface area contributed by atoms with Crippen LogP contribution in [0.3, 0.4) is 0 Å². The summed E-state index contributed by atoms with van der Waals surface area (Å²) in [5.41, 5.74) is 10.9. The molecule has 5 nitrogen and oxygen atoms in total. The maximum Gasteiger partial charge on any atom is 0.255 e. The first-order chi connectivity index (χ1) is 14.7. The summed E-state index contributed by atoms with van der Waals surface area (Å²) in [6.45, 7) is 0. The Morgan fingerprint density at radius 2 is 1.73 bits per heavy atom. The Balaban J connectivity index is 1.36. The third-order valence-corrected chi connectivity index (χ3v) is 6.59. The molecule has 2 aromatic carbocycles. The summed E-state index contributed by atoms with van der Waals surface area (Å²) in [6, 6.07) is 19.0. The fourth-order valence-electron chi connectivity index (χ4n) is 3.65. The number of amides is 1. The molecule has 5 rings (SSSR count). The van der Waals surface area contributed by atoms with Crippen molar-refractivity contribution in [2.75, 3.05) is 11.1 Å². The van der Waals surface area contributed by atoms with E-state index < -0.39 is 0 Å². The van der Waals surface area contributed by atoms with E-state index in [9.17, 15) is 4.79 Å². The first kappa shape index (κ1) is 18.5. The van der Waals surface area contributed by atoms with Gasteiger partial charge >= 0.3 is 0 Å². The van der Waals surface area contributed by atoms with Gasteiger partial charge in [0, 0.05) is 34.3 Å². The van der Waals surface area contributed by atoms with Crippen LogP contribution < -0.4 is 11.1 Å². The second kappa shape index (κ2) is 7.39. The van der Waals surface area contributed by atoms with Crippen molar-refractivity contribution in [3.63, 3.8) is 0 Å². The predicted molar refractivity (Wildman–Crippen MR) is 121 cm³/mol. The van der Waals surface area contributed by atoms with E-state index in [1.807, 2.05) is 48.5 Å². The molecule has 0 aliphatic heterocycles. The molecule has 1 saturated carbocycles. The zero-order chi connectivity index (χ0) is 20.6. The number of thiazole rings is 1. The quantitative estimate of drug-likeness (QED) is 0.446.